The van der Waals surface area contributed by atoms with Gasteiger partial charge in [-0.2, -0.15) is 0 Å². The van der Waals surface area contributed by atoms with Gasteiger partial charge in [0.15, 0.2) is 0 Å². The number of carbonyl (C=O) groups is 1. The van der Waals surface area contributed by atoms with E-state index in [0.717, 1.165) is 4.90 Å². The predicted molar refractivity (Wildman–Crippen MR) is 72.8 cm³/mol. The Balaban J connectivity index is 2.25. The van der Waals surface area contributed by atoms with Crippen LogP contribution in [0.2, 0.25) is 5.02 Å². The molecule has 6 heteroatoms. The van der Waals surface area contributed by atoms with Crippen molar-refractivity contribution in [2.75, 3.05) is 6.61 Å². The molecule has 0 radical (unpaired) electrons. The number of carbonyl (C=O) groups excluding carboxylic acids is 1. The first-order valence-corrected chi connectivity index (χ1v) is 6.88. The molecule has 0 saturated heterocycles. The maximum absolute atomic E-state index is 11.8. The van der Waals surface area contributed by atoms with Gasteiger partial charge < -0.3 is 9.26 Å². The average molecular weight is 298 g/mol. The molecule has 0 aliphatic carbocycles. The molecule has 0 unspecified atom stereocenters. The highest BCUT2D eigenvalue weighted by atomic mass is 35.5. The molecule has 19 heavy (non-hydrogen) atoms. The van der Waals surface area contributed by atoms with E-state index < -0.39 is 5.97 Å². The van der Waals surface area contributed by atoms with Crippen LogP contribution in [0.3, 0.4) is 0 Å². The molecule has 1 aromatic carbocycles. The summed E-state index contributed by atoms with van der Waals surface area (Å²) in [6, 6.07) is 7.24. The number of hydrogen-bond donors (Lipinski definition) is 0. The maximum atomic E-state index is 11.8. The highest BCUT2D eigenvalue weighted by Gasteiger charge is 2.22. The number of halogens is 1. The zero-order valence-electron chi connectivity index (χ0n) is 10.5. The van der Waals surface area contributed by atoms with Crippen molar-refractivity contribution in [1.82, 2.24) is 5.16 Å². The van der Waals surface area contributed by atoms with Crippen molar-refractivity contribution in [3.63, 3.8) is 0 Å². The molecule has 0 amide bonds. The number of aryl methyl sites for hydroxylation is 1. The fourth-order valence-corrected chi connectivity index (χ4v) is 2.48. The maximum Gasteiger partial charge on any atom is 0.344 e. The highest BCUT2D eigenvalue weighted by Crippen LogP contribution is 2.32. The van der Waals surface area contributed by atoms with Crippen molar-refractivity contribution in [3.8, 4) is 0 Å². The summed E-state index contributed by atoms with van der Waals surface area (Å²) in [6.45, 7) is 3.78. The van der Waals surface area contributed by atoms with Gasteiger partial charge in [-0.1, -0.05) is 16.8 Å². The summed E-state index contributed by atoms with van der Waals surface area (Å²) in [5.41, 5.74) is 0.900. The number of hydrogen-bond acceptors (Lipinski definition) is 5. The summed E-state index contributed by atoms with van der Waals surface area (Å²) in [4.78, 5) is 12.7. The minimum atomic E-state index is -0.419. The van der Waals surface area contributed by atoms with Crippen LogP contribution < -0.4 is 0 Å². The van der Waals surface area contributed by atoms with Crippen LogP contribution in [0.1, 0.15) is 23.0 Å². The summed E-state index contributed by atoms with van der Waals surface area (Å²) >= 11 is 7.13. The zero-order chi connectivity index (χ0) is 13.8. The molecule has 4 nitrogen and oxygen atoms in total. The fourth-order valence-electron chi connectivity index (χ4n) is 1.46. The second-order valence-electron chi connectivity index (χ2n) is 3.71. The molecule has 0 spiro atoms. The van der Waals surface area contributed by atoms with Crippen LogP contribution >= 0.6 is 23.4 Å². The largest absolute Gasteiger partial charge is 0.462 e. The predicted octanol–water partition coefficient (Wildman–Crippen LogP) is 3.96. The molecule has 0 fully saturated rings. The molecule has 0 aliphatic heterocycles. The van der Waals surface area contributed by atoms with E-state index in [1.807, 2.05) is 12.1 Å². The van der Waals surface area contributed by atoms with Crippen LogP contribution in [-0.2, 0) is 4.74 Å². The van der Waals surface area contributed by atoms with E-state index in [9.17, 15) is 4.79 Å². The second-order valence-corrected chi connectivity index (χ2v) is 5.19. The van der Waals surface area contributed by atoms with Crippen molar-refractivity contribution in [1.29, 1.82) is 0 Å². The van der Waals surface area contributed by atoms with Crippen molar-refractivity contribution in [2.24, 2.45) is 0 Å². The topological polar surface area (TPSA) is 52.3 Å². The molecular weight excluding hydrogens is 286 g/mol. The van der Waals surface area contributed by atoms with E-state index in [-0.39, 0.29) is 0 Å². The van der Waals surface area contributed by atoms with Crippen LogP contribution in [0.15, 0.2) is 38.8 Å². The van der Waals surface area contributed by atoms with Crippen LogP contribution in [0.25, 0.3) is 0 Å². The van der Waals surface area contributed by atoms with E-state index in [2.05, 4.69) is 5.16 Å². The lowest BCUT2D eigenvalue weighted by Gasteiger charge is -2.02. The lowest BCUT2D eigenvalue weighted by molar-refractivity contribution is 0.0518. The number of ether oxygens (including phenoxy) is 1. The lowest BCUT2D eigenvalue weighted by Crippen LogP contribution is -2.06. The number of nitrogens with zero attached hydrogens (tertiary/aromatic N) is 1. The Morgan fingerprint density at radius 2 is 2.11 bits per heavy atom. The Morgan fingerprint density at radius 3 is 2.74 bits per heavy atom. The monoisotopic (exact) mass is 297 g/mol. The first-order chi connectivity index (χ1) is 9.11. The third kappa shape index (κ3) is 3.30. The fraction of sp³-hybridized carbons (Fsp3) is 0.231. The zero-order valence-corrected chi connectivity index (χ0v) is 12.0. The SMILES string of the molecule is CCOC(=O)c1c(C)noc1Sc1ccc(Cl)cc1. The number of esters is 1. The molecule has 2 rings (SSSR count). The summed E-state index contributed by atoms with van der Waals surface area (Å²) in [5, 5.41) is 4.90. The van der Waals surface area contributed by atoms with Gasteiger partial charge in [0.2, 0.25) is 5.09 Å². The van der Waals surface area contributed by atoms with Gasteiger partial charge in [0.25, 0.3) is 0 Å². The van der Waals surface area contributed by atoms with Gasteiger partial charge in [0.05, 0.1) is 12.3 Å². The van der Waals surface area contributed by atoms with Crippen LogP contribution in [0.4, 0.5) is 0 Å². The minimum Gasteiger partial charge on any atom is -0.462 e. The van der Waals surface area contributed by atoms with E-state index >= 15 is 0 Å². The number of aromatic nitrogens is 1. The molecule has 0 bridgehead atoms. The van der Waals surface area contributed by atoms with Crippen molar-refractivity contribution < 1.29 is 14.1 Å². The highest BCUT2D eigenvalue weighted by molar-refractivity contribution is 7.99. The Bertz CT molecular complexity index is 580. The molecule has 0 atom stereocenters. The normalized spacial score (nSPS) is 10.5. The van der Waals surface area contributed by atoms with Gasteiger partial charge in [-0.15, -0.1) is 0 Å². The standard InChI is InChI=1S/C13H12ClNO3S/c1-3-17-12(16)11-8(2)15-18-13(11)19-10-6-4-9(14)5-7-10/h4-7H,3H2,1-2H3. The molecule has 0 saturated carbocycles. The number of benzene rings is 1. The van der Waals surface area contributed by atoms with Gasteiger partial charge >= 0.3 is 5.97 Å². The third-order valence-electron chi connectivity index (χ3n) is 2.34. The summed E-state index contributed by atoms with van der Waals surface area (Å²) in [5.74, 6) is -0.419. The third-order valence-corrected chi connectivity index (χ3v) is 3.56. The molecule has 1 aromatic heterocycles. The Hall–Kier alpha value is -1.46. The van der Waals surface area contributed by atoms with E-state index in [1.54, 1.807) is 26.0 Å². The Kier molecular flexibility index (Phi) is 4.50. The van der Waals surface area contributed by atoms with Gasteiger partial charge in [-0.05, 0) is 49.9 Å². The van der Waals surface area contributed by atoms with Crippen LogP contribution in [-0.4, -0.2) is 17.7 Å². The van der Waals surface area contributed by atoms with E-state index in [1.165, 1.54) is 11.8 Å². The lowest BCUT2D eigenvalue weighted by atomic mass is 10.3. The van der Waals surface area contributed by atoms with Gasteiger partial charge in [0, 0.05) is 9.92 Å². The Labute approximate surface area is 120 Å². The van der Waals surface area contributed by atoms with Crippen LogP contribution in [0.5, 0.6) is 0 Å². The summed E-state index contributed by atoms with van der Waals surface area (Å²) < 4.78 is 10.2. The van der Waals surface area contributed by atoms with Crippen molar-refractivity contribution >= 4 is 29.3 Å². The molecule has 0 N–H and O–H groups in total. The number of rotatable bonds is 4. The smallest absolute Gasteiger partial charge is 0.344 e. The summed E-state index contributed by atoms with van der Waals surface area (Å²) in [7, 11) is 0. The van der Waals surface area contributed by atoms with Gasteiger partial charge in [-0.3, -0.25) is 0 Å². The Morgan fingerprint density at radius 1 is 1.42 bits per heavy atom. The molecule has 1 heterocycles. The van der Waals surface area contributed by atoms with Crippen molar-refractivity contribution in [3.05, 3.63) is 40.5 Å². The van der Waals surface area contributed by atoms with Gasteiger partial charge in [-0.25, -0.2) is 4.79 Å². The minimum absolute atomic E-state index is 0.314. The van der Waals surface area contributed by atoms with Gasteiger partial charge in [0.1, 0.15) is 5.56 Å². The quantitative estimate of drug-likeness (QED) is 0.799. The van der Waals surface area contributed by atoms with E-state index in [4.69, 9.17) is 20.9 Å². The first-order valence-electron chi connectivity index (χ1n) is 5.68. The molecule has 2 aromatic rings. The molecular formula is C13H12ClNO3S. The summed E-state index contributed by atoms with van der Waals surface area (Å²) in [6.07, 6.45) is 0. The molecule has 100 valence electrons. The van der Waals surface area contributed by atoms with Crippen molar-refractivity contribution in [2.45, 2.75) is 23.8 Å². The van der Waals surface area contributed by atoms with E-state index in [0.29, 0.717) is 28.0 Å². The molecule has 0 aliphatic rings. The first kappa shape index (κ1) is 14.0. The average Bonchev–Trinajstić information content (AvgIpc) is 2.74. The second kappa shape index (κ2) is 6.12. The van der Waals surface area contributed by atoms with Crippen LogP contribution in [0, 0.1) is 6.92 Å².